The van der Waals surface area contributed by atoms with E-state index in [-0.39, 0.29) is 96.7 Å². The number of halogens is 4. The maximum Gasteiger partial charge on any atom is 0.341 e. The van der Waals surface area contributed by atoms with Crippen LogP contribution in [-0.4, -0.2) is 62.9 Å². The molecule has 0 bridgehead atoms. The number of alkyl halides is 1. The summed E-state index contributed by atoms with van der Waals surface area (Å²) < 4.78 is 77.5. The fourth-order valence-corrected chi connectivity index (χ4v) is 4.65. The molecular weight excluding hydrogens is 737 g/mol. The van der Waals surface area contributed by atoms with E-state index in [0.29, 0.717) is 0 Å². The van der Waals surface area contributed by atoms with Gasteiger partial charge in [-0.3, -0.25) is 0 Å². The molecule has 0 aliphatic carbocycles. The monoisotopic (exact) mass is 780 g/mol. The van der Waals surface area contributed by atoms with Crippen LogP contribution in [0, 0.1) is 40.6 Å². The van der Waals surface area contributed by atoms with Gasteiger partial charge in [0.25, 0.3) is 0 Å². The predicted molar refractivity (Wildman–Crippen MR) is 187 cm³/mol. The van der Waals surface area contributed by atoms with E-state index in [1.165, 1.54) is 36.4 Å². The minimum Gasteiger partial charge on any atom is -0.493 e. The Morgan fingerprint density at radius 3 is 1.06 bits per heavy atom. The van der Waals surface area contributed by atoms with E-state index >= 15 is 0 Å². The summed E-state index contributed by atoms with van der Waals surface area (Å²) in [5.74, 6) is -4.32. The van der Waals surface area contributed by atoms with Crippen molar-refractivity contribution in [2.24, 2.45) is 23.2 Å². The molecular formula is C38H44BrF3O9. The first-order valence-corrected chi connectivity index (χ1v) is 17.6. The number of ether oxygens (including phenoxy) is 6. The second-order valence-corrected chi connectivity index (χ2v) is 14.0. The Kier molecular flexibility index (Phi) is 15.6. The van der Waals surface area contributed by atoms with E-state index < -0.39 is 40.8 Å². The van der Waals surface area contributed by atoms with Crippen LogP contribution in [0.2, 0.25) is 0 Å². The van der Waals surface area contributed by atoms with Crippen LogP contribution < -0.4 is 14.2 Å². The van der Waals surface area contributed by atoms with Gasteiger partial charge in [0.15, 0.2) is 0 Å². The minimum absolute atomic E-state index is 0.0433. The van der Waals surface area contributed by atoms with Gasteiger partial charge in [-0.25, -0.2) is 27.6 Å². The Morgan fingerprint density at radius 2 is 0.824 bits per heavy atom. The van der Waals surface area contributed by atoms with Gasteiger partial charge in [0.1, 0.15) is 54.5 Å². The van der Waals surface area contributed by atoms with Crippen LogP contribution >= 0.6 is 15.9 Å². The zero-order valence-corrected chi connectivity index (χ0v) is 31.2. The summed E-state index contributed by atoms with van der Waals surface area (Å²) in [6.07, 6.45) is 0. The van der Waals surface area contributed by atoms with Crippen molar-refractivity contribution >= 4 is 33.8 Å². The molecule has 0 amide bonds. The highest BCUT2D eigenvalue weighted by Gasteiger charge is 2.34. The molecule has 0 aromatic heterocycles. The van der Waals surface area contributed by atoms with Crippen molar-refractivity contribution in [2.45, 2.75) is 41.5 Å². The van der Waals surface area contributed by atoms with Crippen molar-refractivity contribution in [1.82, 2.24) is 0 Å². The van der Waals surface area contributed by atoms with E-state index in [1.807, 2.05) is 41.5 Å². The van der Waals surface area contributed by atoms with Gasteiger partial charge < -0.3 is 28.4 Å². The molecule has 0 heterocycles. The van der Waals surface area contributed by atoms with Crippen molar-refractivity contribution in [2.75, 3.05) is 45.0 Å². The van der Waals surface area contributed by atoms with Gasteiger partial charge >= 0.3 is 17.9 Å². The molecule has 0 radical (unpaired) electrons. The third kappa shape index (κ3) is 12.8. The maximum atomic E-state index is 14.6. The van der Waals surface area contributed by atoms with Crippen LogP contribution in [0.1, 0.15) is 72.6 Å². The highest BCUT2D eigenvalue weighted by Crippen LogP contribution is 2.29. The number of rotatable bonds is 19. The largest absolute Gasteiger partial charge is 0.493 e. The van der Waals surface area contributed by atoms with Crippen LogP contribution in [0.15, 0.2) is 54.6 Å². The number of carbonyl (C=O) groups is 3. The molecule has 0 atom stereocenters. The summed E-state index contributed by atoms with van der Waals surface area (Å²) in [5.41, 5.74) is -1.99. The van der Waals surface area contributed by atoms with Crippen LogP contribution in [0.5, 0.6) is 17.2 Å². The molecule has 9 nitrogen and oxygen atoms in total. The van der Waals surface area contributed by atoms with E-state index in [9.17, 15) is 27.6 Å². The highest BCUT2D eigenvalue weighted by molar-refractivity contribution is 9.09. The molecule has 0 aliphatic heterocycles. The first kappa shape index (κ1) is 41.2. The smallest absolute Gasteiger partial charge is 0.341 e. The fourth-order valence-electron chi connectivity index (χ4n) is 4.16. The first-order chi connectivity index (χ1) is 24.1. The zero-order valence-electron chi connectivity index (χ0n) is 29.6. The van der Waals surface area contributed by atoms with E-state index in [1.54, 1.807) is 0 Å². The van der Waals surface area contributed by atoms with Gasteiger partial charge in [-0.15, -0.1) is 0 Å². The standard InChI is InChI=1S/C38H44BrF3O9/c1-23(2)16-46-35(43)29-13-26(7-10-32(29)40)49-20-38(19-39,21-50-27-8-11-33(41)30(14-27)36(44)47-17-24(3)4)22-51-28-9-12-34(42)31(15-28)37(45)48-18-25(5)6/h7-15,23-25H,16-22H2,1-6H3. The maximum absolute atomic E-state index is 14.6. The average Bonchev–Trinajstić information content (AvgIpc) is 3.09. The summed E-state index contributed by atoms with van der Waals surface area (Å²) in [6.45, 7) is 11.0. The second kappa shape index (κ2) is 19.4. The van der Waals surface area contributed by atoms with Crippen LogP contribution in [0.25, 0.3) is 0 Å². The molecule has 0 saturated carbocycles. The Labute approximate surface area is 304 Å². The molecule has 0 saturated heterocycles. The SMILES string of the molecule is CC(C)COC(=O)c1cc(OCC(CBr)(COc2ccc(F)c(C(=O)OCC(C)C)c2)COc2ccc(F)c(C(=O)OCC(C)C)c2)ccc1F. The van der Waals surface area contributed by atoms with Crippen LogP contribution in [-0.2, 0) is 14.2 Å². The summed E-state index contributed by atoms with van der Waals surface area (Å²) in [7, 11) is 0. The Balaban J connectivity index is 1.89. The van der Waals surface area contributed by atoms with E-state index in [2.05, 4.69) is 15.9 Å². The molecule has 0 aliphatic rings. The molecule has 0 spiro atoms. The zero-order chi connectivity index (χ0) is 37.7. The lowest BCUT2D eigenvalue weighted by Crippen LogP contribution is -2.42. The molecule has 3 rings (SSSR count). The van der Waals surface area contributed by atoms with Gasteiger partial charge in [0.05, 0.1) is 41.9 Å². The van der Waals surface area contributed by atoms with Crippen molar-refractivity contribution in [3.05, 3.63) is 88.7 Å². The normalized spacial score (nSPS) is 11.5. The third-order valence-electron chi connectivity index (χ3n) is 7.04. The van der Waals surface area contributed by atoms with Crippen molar-refractivity contribution in [1.29, 1.82) is 0 Å². The van der Waals surface area contributed by atoms with Gasteiger partial charge in [-0.1, -0.05) is 57.5 Å². The fraction of sp³-hybridized carbons (Fsp3) is 0.447. The van der Waals surface area contributed by atoms with Crippen molar-refractivity contribution in [3.8, 4) is 17.2 Å². The average molecular weight is 782 g/mol. The molecule has 278 valence electrons. The third-order valence-corrected chi connectivity index (χ3v) is 8.22. The summed E-state index contributed by atoms with van der Waals surface area (Å²) in [6, 6.07) is 11.0. The lowest BCUT2D eigenvalue weighted by molar-refractivity contribution is 0.0444. The van der Waals surface area contributed by atoms with Crippen LogP contribution in [0.3, 0.4) is 0 Å². The molecule has 51 heavy (non-hydrogen) atoms. The van der Waals surface area contributed by atoms with Crippen LogP contribution in [0.4, 0.5) is 13.2 Å². The number of hydrogen-bond acceptors (Lipinski definition) is 9. The molecule has 3 aromatic rings. The molecule has 3 aromatic carbocycles. The topological polar surface area (TPSA) is 107 Å². The Morgan fingerprint density at radius 1 is 0.549 bits per heavy atom. The molecule has 0 fully saturated rings. The molecule has 0 N–H and O–H groups in total. The molecule has 13 heteroatoms. The van der Waals surface area contributed by atoms with E-state index in [0.717, 1.165) is 18.2 Å². The van der Waals surface area contributed by atoms with Gasteiger partial charge in [0, 0.05) is 5.33 Å². The second-order valence-electron chi connectivity index (χ2n) is 13.4. The lowest BCUT2D eigenvalue weighted by Gasteiger charge is -2.31. The van der Waals surface area contributed by atoms with E-state index in [4.69, 9.17) is 28.4 Å². The summed E-state index contributed by atoms with van der Waals surface area (Å²) in [4.78, 5) is 37.7. The Bertz CT molecular complexity index is 1460. The number of benzene rings is 3. The quantitative estimate of drug-likeness (QED) is 0.0673. The van der Waals surface area contributed by atoms with Crippen molar-refractivity contribution in [3.63, 3.8) is 0 Å². The number of hydrogen-bond donors (Lipinski definition) is 0. The number of carbonyl (C=O) groups excluding carboxylic acids is 3. The van der Waals surface area contributed by atoms with Gasteiger partial charge in [-0.05, 0) is 72.4 Å². The minimum atomic E-state index is -1.06. The van der Waals surface area contributed by atoms with Gasteiger partial charge in [0.2, 0.25) is 0 Å². The summed E-state index contributed by atoms with van der Waals surface area (Å²) >= 11 is 3.50. The predicted octanol–water partition coefficient (Wildman–Crippen LogP) is 8.46. The van der Waals surface area contributed by atoms with Gasteiger partial charge in [-0.2, -0.15) is 0 Å². The highest BCUT2D eigenvalue weighted by atomic mass is 79.9. The Hall–Kier alpha value is -4.26. The lowest BCUT2D eigenvalue weighted by atomic mass is 9.94. The summed E-state index contributed by atoms with van der Waals surface area (Å²) in [5, 5.41) is 0.180. The number of esters is 3. The first-order valence-electron chi connectivity index (χ1n) is 16.5. The van der Waals surface area contributed by atoms with Crippen molar-refractivity contribution < 1.29 is 56.0 Å². The molecule has 0 unspecified atom stereocenters.